The van der Waals surface area contributed by atoms with Crippen LogP contribution in [0.25, 0.3) is 11.0 Å². The Kier molecular flexibility index (Phi) is 10.4. The zero-order valence-electron chi connectivity index (χ0n) is 21.2. The van der Waals surface area contributed by atoms with Gasteiger partial charge in [-0.3, -0.25) is 4.90 Å². The minimum Gasteiger partial charge on any atom is -0.379 e. The van der Waals surface area contributed by atoms with Crippen LogP contribution in [0.1, 0.15) is 12.8 Å². The summed E-state index contributed by atoms with van der Waals surface area (Å²) >= 11 is 11.4. The van der Waals surface area contributed by atoms with Crippen LogP contribution in [0, 0.1) is 0 Å². The van der Waals surface area contributed by atoms with E-state index in [-0.39, 0.29) is 6.54 Å². The fourth-order valence-corrected chi connectivity index (χ4v) is 5.36. The first-order valence-corrected chi connectivity index (χ1v) is 13.5. The molecule has 0 saturated carbocycles. The first kappa shape index (κ1) is 27.6. The Morgan fingerprint density at radius 1 is 1.19 bits per heavy atom. The van der Waals surface area contributed by atoms with Gasteiger partial charge in [0.1, 0.15) is 24.1 Å². The number of likely N-dealkylation sites (N-methyl/N-ethyl adjacent to an activating group) is 1. The molecule has 1 atom stereocenters. The first-order chi connectivity index (χ1) is 18.0. The summed E-state index contributed by atoms with van der Waals surface area (Å²) in [6.45, 7) is 8.36. The molecule has 0 aliphatic carbocycles. The van der Waals surface area contributed by atoms with Crippen molar-refractivity contribution in [3.8, 4) is 0 Å². The maximum absolute atomic E-state index is 10.0. The molecule has 0 spiro atoms. The van der Waals surface area contributed by atoms with Gasteiger partial charge in [-0.2, -0.15) is 0 Å². The summed E-state index contributed by atoms with van der Waals surface area (Å²) in [4.78, 5) is 29.7. The van der Waals surface area contributed by atoms with Gasteiger partial charge in [0.2, 0.25) is 0 Å². The summed E-state index contributed by atoms with van der Waals surface area (Å²) in [6, 6.07) is 7.65. The van der Waals surface area contributed by atoms with E-state index >= 15 is 0 Å². The molecule has 37 heavy (non-hydrogen) atoms. The highest BCUT2D eigenvalue weighted by atomic mass is 35.5. The maximum Gasteiger partial charge on any atom is 0.142 e. The second-order valence-corrected chi connectivity index (χ2v) is 10.2. The lowest BCUT2D eigenvalue weighted by Crippen LogP contribution is -2.50. The van der Waals surface area contributed by atoms with E-state index in [0.717, 1.165) is 74.8 Å². The van der Waals surface area contributed by atoms with Crippen molar-refractivity contribution in [2.24, 2.45) is 0 Å². The Balaban J connectivity index is 0.000000225. The van der Waals surface area contributed by atoms with Crippen molar-refractivity contribution in [1.29, 1.82) is 0 Å². The van der Waals surface area contributed by atoms with Gasteiger partial charge in [0, 0.05) is 60.7 Å². The number of likely N-dealkylation sites (tertiary alicyclic amines) is 1. The van der Waals surface area contributed by atoms with E-state index < -0.39 is 0 Å². The molecule has 2 aliphatic heterocycles. The summed E-state index contributed by atoms with van der Waals surface area (Å²) in [5.74, 6) is 1.07. The van der Waals surface area contributed by atoms with E-state index in [1.165, 1.54) is 19.4 Å². The van der Waals surface area contributed by atoms with Crippen molar-refractivity contribution in [3.63, 3.8) is 0 Å². The summed E-state index contributed by atoms with van der Waals surface area (Å²) < 4.78 is 5.48. The van der Waals surface area contributed by atoms with Crippen LogP contribution < -0.4 is 10.2 Å². The van der Waals surface area contributed by atoms with Crippen molar-refractivity contribution >= 4 is 52.0 Å². The molecular formula is C26H35Cl2N7O2. The SMILES string of the molecule is CN1CCCC(N(CCN2CCOCC2)c2ncnc3[nH]ccc23)C1.O=CCNc1cc(Cl)cc(Cl)c1. The van der Waals surface area contributed by atoms with Gasteiger partial charge in [-0.25, -0.2) is 9.97 Å². The van der Waals surface area contributed by atoms with Crippen molar-refractivity contribution in [1.82, 2.24) is 24.8 Å². The van der Waals surface area contributed by atoms with E-state index in [1.807, 2.05) is 6.20 Å². The van der Waals surface area contributed by atoms with Crippen LogP contribution in [-0.4, -0.2) is 103 Å². The molecule has 2 aromatic heterocycles. The fourth-order valence-electron chi connectivity index (χ4n) is 4.83. The number of ether oxygens (including phenoxy) is 1. The number of aldehydes is 1. The summed E-state index contributed by atoms with van der Waals surface area (Å²) in [7, 11) is 2.22. The normalized spacial score (nSPS) is 18.7. The number of benzene rings is 1. The molecule has 2 aliphatic rings. The van der Waals surface area contributed by atoms with Gasteiger partial charge in [-0.1, -0.05) is 23.2 Å². The highest BCUT2D eigenvalue weighted by molar-refractivity contribution is 6.35. The van der Waals surface area contributed by atoms with Gasteiger partial charge in [-0.05, 0) is 50.7 Å². The van der Waals surface area contributed by atoms with Crippen LogP contribution in [0.2, 0.25) is 10.0 Å². The lowest BCUT2D eigenvalue weighted by atomic mass is 10.0. The number of nitrogens with one attached hydrogen (secondary N) is 2. The number of carbonyl (C=O) groups is 1. The Labute approximate surface area is 228 Å². The van der Waals surface area contributed by atoms with Gasteiger partial charge in [0.15, 0.2) is 0 Å². The van der Waals surface area contributed by atoms with Crippen LogP contribution >= 0.6 is 23.2 Å². The first-order valence-electron chi connectivity index (χ1n) is 12.7. The van der Waals surface area contributed by atoms with Crippen LogP contribution in [0.5, 0.6) is 0 Å². The molecule has 200 valence electrons. The molecule has 11 heteroatoms. The number of hydrogen-bond acceptors (Lipinski definition) is 8. The lowest BCUT2D eigenvalue weighted by Gasteiger charge is -2.40. The smallest absolute Gasteiger partial charge is 0.142 e. The minimum atomic E-state index is 0.261. The Morgan fingerprint density at radius 2 is 1.97 bits per heavy atom. The second kappa shape index (κ2) is 13.9. The van der Waals surface area contributed by atoms with Crippen molar-refractivity contribution in [3.05, 3.63) is 46.8 Å². The standard InChI is InChI=1S/C18H28N6O.C8H7Cl2NO/c1-22-6-2-3-15(13-22)24(8-7-23-9-11-25-12-10-23)18-16-4-5-19-17(16)20-14-21-18;9-6-3-7(10)5-8(4-6)11-1-2-12/h4-5,14-15H,2-3,6-13H2,1H3,(H,19,20,21);2-5,11H,1H2. The van der Waals surface area contributed by atoms with Crippen LogP contribution in [0.3, 0.4) is 0 Å². The van der Waals surface area contributed by atoms with Crippen molar-refractivity contribution < 1.29 is 9.53 Å². The topological polar surface area (TPSA) is 89.6 Å². The molecular weight excluding hydrogens is 513 g/mol. The number of morpholine rings is 1. The predicted octanol–water partition coefficient (Wildman–Crippen LogP) is 3.79. The predicted molar refractivity (Wildman–Crippen MR) is 150 cm³/mol. The number of carbonyl (C=O) groups excluding carboxylic acids is 1. The fraction of sp³-hybridized carbons (Fsp3) is 0.500. The van der Waals surface area contributed by atoms with Gasteiger partial charge in [-0.15, -0.1) is 0 Å². The van der Waals surface area contributed by atoms with Gasteiger partial charge < -0.3 is 29.6 Å². The zero-order chi connectivity index (χ0) is 26.0. The Hall–Kier alpha value is -2.43. The number of aromatic amines is 1. The number of rotatable bonds is 8. The van der Waals surface area contributed by atoms with E-state index in [4.69, 9.17) is 27.9 Å². The zero-order valence-corrected chi connectivity index (χ0v) is 22.7. The van der Waals surface area contributed by atoms with Crippen LogP contribution in [0.4, 0.5) is 11.5 Å². The number of aromatic nitrogens is 3. The number of anilines is 2. The van der Waals surface area contributed by atoms with Gasteiger partial charge >= 0.3 is 0 Å². The third kappa shape index (κ3) is 8.02. The average Bonchev–Trinajstić information content (AvgIpc) is 3.38. The summed E-state index contributed by atoms with van der Waals surface area (Å²) in [5, 5.41) is 5.07. The van der Waals surface area contributed by atoms with Crippen molar-refractivity contribution in [2.45, 2.75) is 18.9 Å². The average molecular weight is 549 g/mol. The molecule has 0 amide bonds. The van der Waals surface area contributed by atoms with E-state index in [9.17, 15) is 4.79 Å². The molecule has 2 N–H and O–H groups in total. The van der Waals surface area contributed by atoms with Crippen LogP contribution in [0.15, 0.2) is 36.8 Å². The van der Waals surface area contributed by atoms with Crippen LogP contribution in [-0.2, 0) is 9.53 Å². The molecule has 2 saturated heterocycles. The number of H-pyrrole nitrogens is 1. The highest BCUT2D eigenvalue weighted by Crippen LogP contribution is 2.27. The maximum atomic E-state index is 10.0. The summed E-state index contributed by atoms with van der Waals surface area (Å²) in [6.07, 6.45) is 6.88. The second-order valence-electron chi connectivity index (χ2n) is 9.35. The quantitative estimate of drug-likeness (QED) is 0.411. The van der Waals surface area contributed by atoms with Gasteiger partial charge in [0.05, 0.1) is 25.1 Å². The van der Waals surface area contributed by atoms with E-state index in [2.05, 4.69) is 48.1 Å². The monoisotopic (exact) mass is 547 g/mol. The molecule has 1 unspecified atom stereocenters. The third-order valence-corrected chi connectivity index (χ3v) is 7.09. The lowest BCUT2D eigenvalue weighted by molar-refractivity contribution is -0.106. The number of hydrogen-bond donors (Lipinski definition) is 2. The molecule has 4 heterocycles. The summed E-state index contributed by atoms with van der Waals surface area (Å²) in [5.41, 5.74) is 1.67. The molecule has 3 aromatic rings. The molecule has 5 rings (SSSR count). The largest absolute Gasteiger partial charge is 0.379 e. The molecule has 0 radical (unpaired) electrons. The molecule has 2 fully saturated rings. The highest BCUT2D eigenvalue weighted by Gasteiger charge is 2.27. The van der Waals surface area contributed by atoms with E-state index in [0.29, 0.717) is 16.1 Å². The minimum absolute atomic E-state index is 0.261. The third-order valence-electron chi connectivity index (χ3n) is 6.66. The molecule has 1 aromatic carbocycles. The number of fused-ring (bicyclic) bond motifs is 1. The van der Waals surface area contributed by atoms with Gasteiger partial charge in [0.25, 0.3) is 0 Å². The Bertz CT molecular complexity index is 1120. The number of halogens is 2. The number of nitrogens with zero attached hydrogens (tertiary/aromatic N) is 5. The molecule has 0 bridgehead atoms. The Morgan fingerprint density at radius 3 is 2.70 bits per heavy atom. The van der Waals surface area contributed by atoms with E-state index in [1.54, 1.807) is 24.5 Å². The van der Waals surface area contributed by atoms with Crippen molar-refractivity contribution in [2.75, 3.05) is 76.3 Å². The molecule has 9 nitrogen and oxygen atoms in total. The number of piperidine rings is 1.